The summed E-state index contributed by atoms with van der Waals surface area (Å²) in [5, 5.41) is 41.4. The number of aromatic amines is 3. The maximum absolute atomic E-state index is 14.8. The minimum atomic E-state index is -2.01. The lowest BCUT2D eigenvalue weighted by molar-refractivity contribution is -0.141. The number of rotatable bonds is 11. The van der Waals surface area contributed by atoms with Crippen LogP contribution < -0.4 is 48.3 Å². The third-order valence-corrected chi connectivity index (χ3v) is 14.3. The molecule has 0 radical (unpaired) electrons. The first-order valence-corrected chi connectivity index (χ1v) is 27.4. The number of carbonyl (C=O) groups is 10. The number of aromatic nitrogens is 4. The third kappa shape index (κ3) is 17.3. The van der Waals surface area contributed by atoms with Crippen LogP contribution in [0.15, 0.2) is 110 Å². The second-order valence-electron chi connectivity index (χ2n) is 20.8. The zero-order chi connectivity index (χ0) is 61.4. The first-order chi connectivity index (χ1) is 41.2. The maximum atomic E-state index is 14.8. The number of aromatic hydroxyl groups is 1. The van der Waals surface area contributed by atoms with E-state index >= 15 is 0 Å². The molecule has 15 N–H and O–H groups in total. The van der Waals surface area contributed by atoms with Crippen molar-refractivity contribution in [3.05, 3.63) is 155 Å². The fraction of sp³-hybridized carbons (Fsp3) is 0.305. The average Bonchev–Trinajstić information content (AvgIpc) is 2.41. The Bertz CT molecular complexity index is 3650. The summed E-state index contributed by atoms with van der Waals surface area (Å²) in [6.07, 6.45) is 3.35. The summed E-state index contributed by atoms with van der Waals surface area (Å²) in [6.45, 7) is -0.565. The predicted octanol–water partition coefficient (Wildman–Crippen LogP) is 1.04. The Morgan fingerprint density at radius 1 is 0.558 bits per heavy atom. The Balaban J connectivity index is 1.14. The van der Waals surface area contributed by atoms with E-state index in [2.05, 4.69) is 62.5 Å². The summed E-state index contributed by atoms with van der Waals surface area (Å²) in [5.74, 6) is -11.1. The van der Waals surface area contributed by atoms with Crippen LogP contribution in [-0.2, 0) is 86.6 Å². The highest BCUT2D eigenvalue weighted by Crippen LogP contribution is 2.24. The Hall–Kier alpha value is -10.5. The lowest BCUT2D eigenvalue weighted by Gasteiger charge is -2.27. The number of carbonyl (C=O) groups excluding carboxylic acids is 9. The molecule has 8 rings (SSSR count). The summed E-state index contributed by atoms with van der Waals surface area (Å²) in [7, 11) is 0. The molecule has 0 fully saturated rings. The number of imidazole rings is 1. The number of benzene rings is 4. The van der Waals surface area contributed by atoms with E-state index in [4.69, 9.17) is 5.73 Å². The van der Waals surface area contributed by atoms with Gasteiger partial charge in [0.05, 0.1) is 19.3 Å². The number of H-pyrrole nitrogens is 3. The molecule has 0 unspecified atom stereocenters. The first-order valence-electron chi connectivity index (χ1n) is 27.4. The molecule has 4 heterocycles. The number of aliphatic carboxylic acids is 1. The second-order valence-corrected chi connectivity index (χ2v) is 20.8. The van der Waals surface area contributed by atoms with Crippen molar-refractivity contribution in [1.29, 1.82) is 0 Å². The van der Waals surface area contributed by atoms with Crippen LogP contribution in [0.2, 0.25) is 0 Å². The lowest BCUT2D eigenvalue weighted by atomic mass is 10.0. The smallest absolute Gasteiger partial charge is 0.305 e. The Kier molecular flexibility index (Phi) is 20.5. The van der Waals surface area contributed by atoms with Crippen LogP contribution in [0.4, 0.5) is 8.78 Å². The summed E-state index contributed by atoms with van der Waals surface area (Å²) < 4.78 is 29.4. The molecule has 7 aromatic rings. The molecule has 1 aliphatic heterocycles. The summed E-state index contributed by atoms with van der Waals surface area (Å²) in [5.41, 5.74) is 9.17. The molecule has 1 aliphatic rings. The van der Waals surface area contributed by atoms with Gasteiger partial charge in [-0.05, 0) is 89.2 Å². The zero-order valence-corrected chi connectivity index (χ0v) is 46.1. The van der Waals surface area contributed by atoms with E-state index in [1.165, 1.54) is 85.6 Å². The zero-order valence-electron chi connectivity index (χ0n) is 46.1. The highest BCUT2D eigenvalue weighted by Gasteiger charge is 2.36. The molecule has 2 bridgehead atoms. The highest BCUT2D eigenvalue weighted by molar-refractivity contribution is 5.99. The Morgan fingerprint density at radius 3 is 1.63 bits per heavy atom. The molecule has 0 saturated heterocycles. The minimum Gasteiger partial charge on any atom is -0.508 e. The highest BCUT2D eigenvalue weighted by atomic mass is 19.1. The van der Waals surface area contributed by atoms with E-state index in [1.54, 1.807) is 24.3 Å². The SMILES string of the molecule is NC(=O)[C@@H]1Cc2cccc(c2)CNC(=O)CCCCC(=O)NCC(=O)N[C@@H](Cc2c[nH]c3ccc(F)cc23)C(=O)N[C@@H](Cc2c[nH]c3ccc(F)cc23)C(=O)N[C@@H](CC(=O)O)C(=O)N[C@@H](Cc2cnc[nH]2)C(=O)N[C@@H](Cc2ccc(O)cc2)C(=O)N1. The molecule has 86 heavy (non-hydrogen) atoms. The molecule has 0 saturated carbocycles. The quantitative estimate of drug-likeness (QED) is 0.0863. The topological polar surface area (TPSA) is 394 Å². The van der Waals surface area contributed by atoms with Crippen molar-refractivity contribution >= 4 is 80.9 Å². The van der Waals surface area contributed by atoms with E-state index in [1.807, 2.05) is 0 Å². The first kappa shape index (κ1) is 61.6. The van der Waals surface area contributed by atoms with Crippen molar-refractivity contribution in [1.82, 2.24) is 62.5 Å². The number of primary amides is 1. The molecule has 0 aliphatic carbocycles. The summed E-state index contributed by atoms with van der Waals surface area (Å²) in [6, 6.07) is 10.1. The molecular formula is C59H63F2N13O12. The number of carboxylic acids is 1. The molecule has 9 amide bonds. The molecule has 6 atom stereocenters. The van der Waals surface area contributed by atoms with Crippen molar-refractivity contribution in [2.24, 2.45) is 5.73 Å². The normalized spacial score (nSPS) is 20.6. The monoisotopic (exact) mass is 1180 g/mol. The summed E-state index contributed by atoms with van der Waals surface area (Å²) in [4.78, 5) is 151. The number of amides is 9. The molecule has 27 heteroatoms. The van der Waals surface area contributed by atoms with Gasteiger partial charge >= 0.3 is 5.97 Å². The van der Waals surface area contributed by atoms with Gasteiger partial charge in [0.2, 0.25) is 53.2 Å². The maximum Gasteiger partial charge on any atom is 0.305 e. The second kappa shape index (κ2) is 28.7. The van der Waals surface area contributed by atoms with Crippen LogP contribution >= 0.6 is 0 Å². The van der Waals surface area contributed by atoms with Crippen molar-refractivity contribution in [3.63, 3.8) is 0 Å². The third-order valence-electron chi connectivity index (χ3n) is 14.3. The Labute approximate surface area is 488 Å². The number of nitrogens with two attached hydrogens (primary N) is 1. The minimum absolute atomic E-state index is 0.0341. The lowest BCUT2D eigenvalue weighted by Crippen LogP contribution is -2.61. The standard InChI is InChI=1S/C59H63F2N13O12/c60-36-10-14-42-40(21-36)34(26-64-42)19-46-56(83)72-47(20-35-27-65-43-15-11-37(61)22-41(35)43)57(84)74-49(24-53(79)80)59(86)73-48(23-38-28-63-30-68-38)58(85)71-45(17-31-8-12-39(75)13-9-31)55(82)70-44(54(62)81)18-32-4-3-5-33(16-32)25-66-50(76)6-1-2-7-51(77)67-29-52(78)69-46/h3-5,8-16,21-22,26-28,30,44-49,64-65,75H,1-2,6-7,17-20,23-25,29H2,(H2,62,81)(H,63,68)(H,66,76)(H,67,77)(H,69,78)(H,70,82)(H,71,85)(H,72,83)(H,73,86)(H,74,84)(H,79,80)/t44-,45-,46-,47-,48-,49-/m0/s1. The van der Waals surface area contributed by atoms with E-state index in [0.717, 1.165) is 0 Å². The van der Waals surface area contributed by atoms with E-state index in [9.17, 15) is 66.9 Å². The number of carboxylic acid groups (broad SMARTS) is 1. The number of nitrogens with zero attached hydrogens (tertiary/aromatic N) is 1. The van der Waals surface area contributed by atoms with Crippen molar-refractivity contribution in [2.75, 3.05) is 6.54 Å². The van der Waals surface area contributed by atoms with Crippen LogP contribution in [0.25, 0.3) is 21.8 Å². The number of halogens is 2. The van der Waals surface area contributed by atoms with E-state index in [0.29, 0.717) is 38.7 Å². The van der Waals surface area contributed by atoms with Gasteiger partial charge in [-0.1, -0.05) is 36.4 Å². The van der Waals surface area contributed by atoms with Gasteiger partial charge in [-0.3, -0.25) is 47.9 Å². The molecule has 450 valence electrons. The van der Waals surface area contributed by atoms with Gasteiger partial charge < -0.3 is 73.4 Å². The van der Waals surface area contributed by atoms with Crippen LogP contribution in [0.3, 0.4) is 0 Å². The molecule has 0 spiro atoms. The van der Waals surface area contributed by atoms with Crippen LogP contribution in [-0.4, -0.2) is 132 Å². The number of hydrogen-bond acceptors (Lipinski definition) is 12. The van der Waals surface area contributed by atoms with Gasteiger partial charge in [-0.25, -0.2) is 13.8 Å². The number of fused-ring (bicyclic) bond motifs is 4. The van der Waals surface area contributed by atoms with Crippen LogP contribution in [0.1, 0.15) is 65.6 Å². The van der Waals surface area contributed by atoms with Crippen molar-refractivity contribution < 1.29 is 66.9 Å². The molecular weight excluding hydrogens is 1120 g/mol. The van der Waals surface area contributed by atoms with Gasteiger partial charge in [0.15, 0.2) is 0 Å². The Morgan fingerprint density at radius 2 is 1.07 bits per heavy atom. The van der Waals surface area contributed by atoms with Gasteiger partial charge in [-0.15, -0.1) is 0 Å². The van der Waals surface area contributed by atoms with E-state index in [-0.39, 0.29) is 86.2 Å². The molecule has 25 nitrogen and oxygen atoms in total. The number of phenols is 1. The number of nitrogens with one attached hydrogen (secondary N) is 11. The van der Waals surface area contributed by atoms with Crippen LogP contribution in [0.5, 0.6) is 5.75 Å². The number of phenolic OH excluding ortho intramolecular Hbond substituents is 1. The predicted molar refractivity (Wildman–Crippen MR) is 305 cm³/mol. The van der Waals surface area contributed by atoms with Crippen LogP contribution in [0, 0.1) is 11.6 Å². The fourth-order valence-electron chi connectivity index (χ4n) is 9.84. The van der Waals surface area contributed by atoms with Crippen molar-refractivity contribution in [2.45, 2.75) is 107 Å². The summed E-state index contributed by atoms with van der Waals surface area (Å²) >= 11 is 0. The molecule has 3 aromatic heterocycles. The van der Waals surface area contributed by atoms with Gasteiger partial charge in [0.25, 0.3) is 0 Å². The van der Waals surface area contributed by atoms with Gasteiger partial charge in [0, 0.05) is 97.6 Å². The van der Waals surface area contributed by atoms with E-state index < -0.39 is 120 Å². The van der Waals surface area contributed by atoms with Gasteiger partial charge in [0.1, 0.15) is 53.6 Å². The van der Waals surface area contributed by atoms with Crippen molar-refractivity contribution in [3.8, 4) is 5.75 Å². The fourth-order valence-corrected chi connectivity index (χ4v) is 9.84. The average molecular weight is 1180 g/mol. The largest absolute Gasteiger partial charge is 0.508 e. The number of hydrogen-bond donors (Lipinski definition) is 14. The van der Waals surface area contributed by atoms with Gasteiger partial charge in [-0.2, -0.15) is 0 Å². The molecule has 4 aromatic carbocycles.